The Morgan fingerprint density at radius 3 is 2.52 bits per heavy atom. The van der Waals surface area contributed by atoms with Gasteiger partial charge in [0.25, 0.3) is 0 Å². The molecule has 0 spiro atoms. The first-order chi connectivity index (χ1) is 19.1. The van der Waals surface area contributed by atoms with Gasteiger partial charge in [0.2, 0.25) is 15.9 Å². The first kappa shape index (κ1) is 30.0. The Morgan fingerprint density at radius 2 is 1.80 bits per heavy atom. The molecule has 3 aromatic rings. The van der Waals surface area contributed by atoms with Crippen molar-refractivity contribution in [3.05, 3.63) is 92.9 Å². The summed E-state index contributed by atoms with van der Waals surface area (Å²) >= 11 is 9.56. The highest BCUT2D eigenvalue weighted by Crippen LogP contribution is 2.28. The van der Waals surface area contributed by atoms with Crippen LogP contribution in [0.5, 0.6) is 5.75 Å². The van der Waals surface area contributed by atoms with Crippen LogP contribution in [-0.4, -0.2) is 55.4 Å². The van der Waals surface area contributed by atoms with Crippen LogP contribution >= 0.6 is 27.5 Å². The van der Waals surface area contributed by atoms with Gasteiger partial charge >= 0.3 is 5.97 Å². The minimum absolute atomic E-state index is 0.00200. The molecule has 0 saturated carbocycles. The Morgan fingerprint density at radius 1 is 1.05 bits per heavy atom. The highest BCUT2D eigenvalue weighted by Gasteiger charge is 2.30. The number of amides is 1. The molecular formula is C29H30BrClN2O6S. The van der Waals surface area contributed by atoms with Crippen LogP contribution in [0.25, 0.3) is 0 Å². The lowest BCUT2D eigenvalue weighted by Gasteiger charge is -2.24. The van der Waals surface area contributed by atoms with Crippen LogP contribution in [0.4, 0.5) is 0 Å². The molecule has 0 radical (unpaired) electrons. The lowest BCUT2D eigenvalue weighted by atomic mass is 10.0. The number of aryl methyl sites for hydroxylation is 2. The number of rotatable bonds is 13. The molecule has 0 bridgehead atoms. The van der Waals surface area contributed by atoms with Crippen molar-refractivity contribution in [1.82, 2.24) is 9.62 Å². The highest BCUT2D eigenvalue weighted by atomic mass is 79.9. The van der Waals surface area contributed by atoms with E-state index in [1.165, 1.54) is 23.3 Å². The quantitative estimate of drug-likeness (QED) is 0.274. The second kappa shape index (κ2) is 13.6. The number of benzene rings is 3. The van der Waals surface area contributed by atoms with E-state index in [0.717, 1.165) is 29.1 Å². The maximum atomic E-state index is 13.6. The van der Waals surface area contributed by atoms with Gasteiger partial charge in [-0.3, -0.25) is 9.59 Å². The molecule has 2 N–H and O–H groups in total. The summed E-state index contributed by atoms with van der Waals surface area (Å²) in [5.41, 5.74) is 3.37. The van der Waals surface area contributed by atoms with E-state index >= 15 is 0 Å². The minimum Gasteiger partial charge on any atom is -0.492 e. The van der Waals surface area contributed by atoms with E-state index in [4.69, 9.17) is 16.3 Å². The smallest absolute Gasteiger partial charge is 0.305 e. The third-order valence-corrected chi connectivity index (χ3v) is 9.44. The molecule has 8 nitrogen and oxygen atoms in total. The molecular weight excluding hydrogens is 620 g/mol. The Balaban J connectivity index is 1.50. The van der Waals surface area contributed by atoms with Crippen LogP contribution in [0.3, 0.4) is 0 Å². The molecule has 1 atom stereocenters. The van der Waals surface area contributed by atoms with Crippen molar-refractivity contribution in [1.29, 1.82) is 0 Å². The van der Waals surface area contributed by atoms with Crippen molar-refractivity contribution < 1.29 is 27.9 Å². The second-order valence-electron chi connectivity index (χ2n) is 9.60. The maximum Gasteiger partial charge on any atom is 0.305 e. The average molecular weight is 650 g/mol. The highest BCUT2D eigenvalue weighted by molar-refractivity contribution is 9.10. The van der Waals surface area contributed by atoms with Crippen molar-refractivity contribution in [3.63, 3.8) is 0 Å². The third kappa shape index (κ3) is 8.06. The van der Waals surface area contributed by atoms with E-state index < -0.39 is 34.5 Å². The number of nitrogens with zero attached hydrogens (tertiary/aromatic N) is 1. The number of hydrogen-bond donors (Lipinski definition) is 2. The number of ether oxygens (including phenoxy) is 1. The summed E-state index contributed by atoms with van der Waals surface area (Å²) in [4.78, 5) is 24.4. The van der Waals surface area contributed by atoms with Crippen LogP contribution in [0.1, 0.15) is 29.5 Å². The zero-order valence-corrected chi connectivity index (χ0v) is 24.8. The molecule has 1 unspecified atom stereocenters. The van der Waals surface area contributed by atoms with Gasteiger partial charge in [-0.2, -0.15) is 4.31 Å². The van der Waals surface area contributed by atoms with Crippen LogP contribution in [-0.2, 0) is 38.9 Å². The molecule has 0 saturated heterocycles. The zero-order valence-electron chi connectivity index (χ0n) is 21.7. The molecule has 1 aliphatic rings. The van der Waals surface area contributed by atoms with E-state index in [9.17, 15) is 23.1 Å². The van der Waals surface area contributed by atoms with Crippen LogP contribution in [0.15, 0.2) is 76.1 Å². The van der Waals surface area contributed by atoms with Gasteiger partial charge in [0.05, 0.1) is 18.0 Å². The Kier molecular flexibility index (Phi) is 10.2. The van der Waals surface area contributed by atoms with Gasteiger partial charge in [-0.25, -0.2) is 8.42 Å². The number of carboxylic acids is 1. The number of aliphatic carboxylic acids is 1. The van der Waals surface area contributed by atoms with Gasteiger partial charge in [0, 0.05) is 17.1 Å². The monoisotopic (exact) mass is 648 g/mol. The average Bonchev–Trinajstić information content (AvgIpc) is 3.36. The van der Waals surface area contributed by atoms with Crippen molar-refractivity contribution in [2.75, 3.05) is 19.7 Å². The molecule has 0 fully saturated rings. The van der Waals surface area contributed by atoms with Crippen LogP contribution in [0.2, 0.25) is 5.02 Å². The summed E-state index contributed by atoms with van der Waals surface area (Å²) < 4.78 is 34.8. The maximum absolute atomic E-state index is 13.6. The van der Waals surface area contributed by atoms with Gasteiger partial charge in [-0.05, 0) is 72.7 Å². The molecule has 11 heteroatoms. The molecule has 212 valence electrons. The van der Waals surface area contributed by atoms with Gasteiger partial charge in [0.15, 0.2) is 0 Å². The van der Waals surface area contributed by atoms with Crippen molar-refractivity contribution in [3.8, 4) is 5.75 Å². The first-order valence-electron chi connectivity index (χ1n) is 12.9. The summed E-state index contributed by atoms with van der Waals surface area (Å²) in [6, 6.07) is 18.7. The summed E-state index contributed by atoms with van der Waals surface area (Å²) in [6.07, 6.45) is 3.09. The number of carboxylic acid groups (broad SMARTS) is 1. The summed E-state index contributed by atoms with van der Waals surface area (Å²) in [7, 11) is -4.20. The Labute approximate surface area is 247 Å². The predicted molar refractivity (Wildman–Crippen MR) is 156 cm³/mol. The van der Waals surface area contributed by atoms with Crippen LogP contribution in [0, 0.1) is 0 Å². The van der Waals surface area contributed by atoms with Gasteiger partial charge < -0.3 is 15.2 Å². The van der Waals surface area contributed by atoms with E-state index in [0.29, 0.717) is 10.2 Å². The topological polar surface area (TPSA) is 113 Å². The fourth-order valence-electron chi connectivity index (χ4n) is 4.73. The van der Waals surface area contributed by atoms with Crippen LogP contribution < -0.4 is 10.1 Å². The van der Waals surface area contributed by atoms with E-state index in [1.54, 1.807) is 6.07 Å². The second-order valence-corrected chi connectivity index (χ2v) is 12.8. The normalized spacial score (nSPS) is 13.6. The number of halogens is 2. The van der Waals surface area contributed by atoms with Gasteiger partial charge in [-0.1, -0.05) is 63.9 Å². The SMILES string of the molecule is O=C(O)CC(Cc1ccccc1)NC(=O)CN(CCOc1ccc2c(c1)CCC2)S(=O)(=O)c1ccc(Br)cc1Cl. The Hall–Kier alpha value is -2.92. The van der Waals surface area contributed by atoms with Crippen molar-refractivity contribution in [2.24, 2.45) is 0 Å². The number of nitrogens with one attached hydrogen (secondary N) is 1. The Bertz CT molecular complexity index is 1470. The lowest BCUT2D eigenvalue weighted by molar-refractivity contribution is -0.137. The zero-order chi connectivity index (χ0) is 28.7. The first-order valence-corrected chi connectivity index (χ1v) is 15.5. The number of sulfonamides is 1. The van der Waals surface area contributed by atoms with Crippen molar-refractivity contribution >= 4 is 49.4 Å². The fourth-order valence-corrected chi connectivity index (χ4v) is 7.12. The van der Waals surface area contributed by atoms with Gasteiger partial charge in [0.1, 0.15) is 17.3 Å². The largest absolute Gasteiger partial charge is 0.492 e. The molecule has 0 heterocycles. The third-order valence-electron chi connectivity index (χ3n) is 6.62. The number of carbonyl (C=O) groups is 2. The lowest BCUT2D eigenvalue weighted by Crippen LogP contribution is -2.46. The molecule has 40 heavy (non-hydrogen) atoms. The number of carbonyl (C=O) groups excluding carboxylic acids is 1. The minimum atomic E-state index is -4.20. The summed E-state index contributed by atoms with van der Waals surface area (Å²) in [5, 5.41) is 12.1. The summed E-state index contributed by atoms with van der Waals surface area (Å²) in [6.45, 7) is -0.656. The van der Waals surface area contributed by atoms with Crippen molar-refractivity contribution in [2.45, 2.75) is 43.0 Å². The number of fused-ring (bicyclic) bond motifs is 1. The summed E-state index contributed by atoms with van der Waals surface area (Å²) in [5.74, 6) is -1.07. The standard InChI is InChI=1S/C29H30BrClN2O6S/c30-23-10-12-27(26(31)17-23)40(37,38)33(13-14-39-25-11-9-21-7-4-8-22(21)16-25)19-28(34)32-24(18-29(35)36)15-20-5-2-1-3-6-20/h1-3,5-6,9-12,16-17,24H,4,7-8,13-15,18-19H2,(H,32,34)(H,35,36). The van der Waals surface area contributed by atoms with E-state index in [-0.39, 0.29) is 35.9 Å². The molecule has 0 aromatic heterocycles. The van der Waals surface area contributed by atoms with E-state index in [1.807, 2.05) is 48.5 Å². The predicted octanol–water partition coefficient (Wildman–Crippen LogP) is 4.86. The van der Waals surface area contributed by atoms with Gasteiger partial charge in [-0.15, -0.1) is 0 Å². The molecule has 3 aromatic carbocycles. The molecule has 4 rings (SSSR count). The molecule has 1 amide bonds. The fraction of sp³-hybridized carbons (Fsp3) is 0.310. The molecule has 1 aliphatic carbocycles. The van der Waals surface area contributed by atoms with E-state index in [2.05, 4.69) is 21.2 Å². The number of hydrogen-bond acceptors (Lipinski definition) is 5. The molecule has 0 aliphatic heterocycles.